The molecule has 1 aliphatic rings. The lowest BCUT2D eigenvalue weighted by atomic mass is 9.83. The maximum absolute atomic E-state index is 14.7. The molecule has 0 radical (unpaired) electrons. The number of carbonyl (C=O) groups is 1. The normalized spacial score (nSPS) is 13.9. The number of nitrogens with zero attached hydrogens (tertiary/aromatic N) is 4. The van der Waals surface area contributed by atoms with Crippen LogP contribution in [-0.4, -0.2) is 67.1 Å². The second kappa shape index (κ2) is 12.0. The molecule has 0 saturated carbocycles. The maximum Gasteiger partial charge on any atom is 0.270 e. The van der Waals surface area contributed by atoms with Gasteiger partial charge in [-0.2, -0.15) is 0 Å². The quantitative estimate of drug-likeness (QED) is 0.229. The average molecular weight is 543 g/mol. The Labute approximate surface area is 243 Å². The van der Waals surface area contributed by atoms with E-state index in [0.29, 0.717) is 13.1 Å². The van der Waals surface area contributed by atoms with Crippen LogP contribution in [0, 0.1) is 0 Å². The summed E-state index contributed by atoms with van der Waals surface area (Å²) in [7, 11) is 4.18. The van der Waals surface area contributed by atoms with E-state index in [1.54, 1.807) is 0 Å². The van der Waals surface area contributed by atoms with Crippen molar-refractivity contribution in [2.24, 2.45) is 0 Å². The highest BCUT2D eigenvalue weighted by atomic mass is 16.2. The van der Waals surface area contributed by atoms with Gasteiger partial charge in [0.15, 0.2) is 0 Å². The molecule has 0 aliphatic carbocycles. The third kappa shape index (κ3) is 5.50. The first-order valence-corrected chi connectivity index (χ1v) is 14.6. The van der Waals surface area contributed by atoms with E-state index in [1.807, 2.05) is 6.07 Å². The summed E-state index contributed by atoms with van der Waals surface area (Å²) in [6.07, 6.45) is 0. The number of para-hydroxylation sites is 2. The van der Waals surface area contributed by atoms with Gasteiger partial charge in [0.1, 0.15) is 5.69 Å². The zero-order chi connectivity index (χ0) is 28.2. The van der Waals surface area contributed by atoms with Crippen LogP contribution in [-0.2, 0) is 6.54 Å². The Morgan fingerprint density at radius 2 is 1.24 bits per heavy atom. The number of rotatable bonds is 8. The third-order valence-corrected chi connectivity index (χ3v) is 8.23. The molecule has 4 aromatic carbocycles. The lowest BCUT2D eigenvalue weighted by Gasteiger charge is -2.36. The lowest BCUT2D eigenvalue weighted by molar-refractivity contribution is 0.0734. The van der Waals surface area contributed by atoms with Crippen molar-refractivity contribution in [1.29, 1.82) is 0 Å². The number of likely N-dealkylation sites (N-methyl/N-ethyl adjacent to an activating group) is 1. The van der Waals surface area contributed by atoms with Crippen molar-refractivity contribution in [3.05, 3.63) is 138 Å². The molecule has 0 spiro atoms. The van der Waals surface area contributed by atoms with E-state index < -0.39 is 0 Å². The fourth-order valence-corrected chi connectivity index (χ4v) is 6.16. The molecule has 5 nitrogen and oxygen atoms in total. The molecule has 1 fully saturated rings. The predicted molar refractivity (Wildman–Crippen MR) is 169 cm³/mol. The van der Waals surface area contributed by atoms with Crippen LogP contribution in [0.15, 0.2) is 115 Å². The van der Waals surface area contributed by atoms with Crippen LogP contribution in [0.2, 0.25) is 0 Å². The second-order valence-corrected chi connectivity index (χ2v) is 11.1. The number of carbonyl (C=O) groups excluding carboxylic acids is 1. The van der Waals surface area contributed by atoms with E-state index in [1.165, 1.54) is 16.8 Å². The van der Waals surface area contributed by atoms with Gasteiger partial charge < -0.3 is 19.3 Å². The summed E-state index contributed by atoms with van der Waals surface area (Å²) in [4.78, 5) is 21.4. The fourth-order valence-electron chi connectivity index (χ4n) is 6.16. The Morgan fingerprint density at radius 1 is 0.707 bits per heavy atom. The number of piperazine rings is 1. The smallest absolute Gasteiger partial charge is 0.270 e. The zero-order valence-electron chi connectivity index (χ0n) is 24.0. The monoisotopic (exact) mass is 542 g/mol. The van der Waals surface area contributed by atoms with E-state index in [2.05, 4.69) is 143 Å². The molecule has 1 aromatic heterocycles. The second-order valence-electron chi connectivity index (χ2n) is 11.1. The van der Waals surface area contributed by atoms with Crippen molar-refractivity contribution in [2.75, 3.05) is 51.7 Å². The van der Waals surface area contributed by atoms with E-state index in [0.717, 1.165) is 48.3 Å². The van der Waals surface area contributed by atoms with Crippen LogP contribution >= 0.6 is 0 Å². The number of hydrogen-bond acceptors (Lipinski definition) is 3. The van der Waals surface area contributed by atoms with Crippen molar-refractivity contribution in [3.8, 4) is 0 Å². The lowest BCUT2D eigenvalue weighted by Crippen LogP contribution is -2.49. The average Bonchev–Trinajstić information content (AvgIpc) is 3.35. The van der Waals surface area contributed by atoms with Gasteiger partial charge in [-0.05, 0) is 43.4 Å². The Balaban J connectivity index is 1.48. The van der Waals surface area contributed by atoms with Crippen molar-refractivity contribution in [2.45, 2.75) is 12.5 Å². The van der Waals surface area contributed by atoms with Gasteiger partial charge >= 0.3 is 0 Å². The zero-order valence-corrected chi connectivity index (χ0v) is 24.0. The summed E-state index contributed by atoms with van der Waals surface area (Å²) in [5.41, 5.74) is 6.64. The maximum atomic E-state index is 14.7. The molecule has 6 rings (SSSR count). The van der Waals surface area contributed by atoms with Gasteiger partial charge in [0.2, 0.25) is 0 Å². The molecule has 1 aliphatic heterocycles. The van der Waals surface area contributed by atoms with Crippen molar-refractivity contribution in [1.82, 2.24) is 14.4 Å². The molecule has 0 bridgehead atoms. The molecule has 208 valence electrons. The molecule has 5 aromatic rings. The van der Waals surface area contributed by atoms with Crippen molar-refractivity contribution >= 4 is 22.5 Å². The van der Waals surface area contributed by atoms with E-state index in [9.17, 15) is 4.79 Å². The SMILES string of the molecule is CN(C)CCn1c(C(=O)N2CCN(c3ccccc3)CC2)c(C(c2ccccc2)c2ccccc2)c2ccccc21. The Kier molecular flexibility index (Phi) is 7.88. The molecule has 0 atom stereocenters. The van der Waals surface area contributed by atoms with E-state index in [-0.39, 0.29) is 11.8 Å². The number of amides is 1. The highest BCUT2D eigenvalue weighted by molar-refractivity contribution is 6.03. The summed E-state index contributed by atoms with van der Waals surface area (Å²) >= 11 is 0. The van der Waals surface area contributed by atoms with Gasteiger partial charge in [-0.1, -0.05) is 97.1 Å². The molecule has 0 N–H and O–H groups in total. The molecule has 1 saturated heterocycles. The minimum atomic E-state index is -0.0625. The number of hydrogen-bond donors (Lipinski definition) is 0. The van der Waals surface area contributed by atoms with Crippen LogP contribution in [0.1, 0.15) is 33.1 Å². The molecular weight excluding hydrogens is 504 g/mol. The van der Waals surface area contributed by atoms with Crippen molar-refractivity contribution in [3.63, 3.8) is 0 Å². The summed E-state index contributed by atoms with van der Waals surface area (Å²) in [5.74, 6) is 0.0620. The van der Waals surface area contributed by atoms with E-state index in [4.69, 9.17) is 0 Å². The Hall–Kier alpha value is -4.35. The molecule has 41 heavy (non-hydrogen) atoms. The molecular formula is C36H38N4O. The third-order valence-electron chi connectivity index (χ3n) is 8.23. The Bertz CT molecular complexity index is 1550. The summed E-state index contributed by atoms with van der Waals surface area (Å²) in [6, 6.07) is 40.3. The van der Waals surface area contributed by atoms with Crippen LogP contribution in [0.3, 0.4) is 0 Å². The molecule has 2 heterocycles. The Morgan fingerprint density at radius 3 is 1.83 bits per heavy atom. The van der Waals surface area contributed by atoms with Gasteiger partial charge in [0.05, 0.1) is 0 Å². The topological polar surface area (TPSA) is 31.7 Å². The number of anilines is 1. The molecule has 5 heteroatoms. The summed E-state index contributed by atoms with van der Waals surface area (Å²) in [5, 5.41) is 1.15. The first-order valence-electron chi connectivity index (χ1n) is 14.6. The van der Waals surface area contributed by atoms with Crippen LogP contribution < -0.4 is 4.90 Å². The highest BCUT2D eigenvalue weighted by Gasteiger charge is 2.33. The minimum absolute atomic E-state index is 0.0625. The predicted octanol–water partition coefficient (Wildman–Crippen LogP) is 6.35. The largest absolute Gasteiger partial charge is 0.368 e. The van der Waals surface area contributed by atoms with Gasteiger partial charge in [-0.15, -0.1) is 0 Å². The van der Waals surface area contributed by atoms with Gasteiger partial charge in [-0.25, -0.2) is 0 Å². The van der Waals surface area contributed by atoms with Gasteiger partial charge in [0.25, 0.3) is 5.91 Å². The summed E-state index contributed by atoms with van der Waals surface area (Å²) < 4.78 is 2.29. The standard InChI is InChI=1S/C36H38N4O/c1-37(2)22-27-40-32-21-13-12-20-31(32)34(33(28-14-6-3-7-15-28)29-16-8-4-9-17-29)35(40)36(41)39-25-23-38(24-26-39)30-18-10-5-11-19-30/h3-21,33H,22-27H2,1-2H3. The fraction of sp³-hybridized carbons (Fsp3) is 0.250. The number of aromatic nitrogens is 1. The van der Waals surface area contributed by atoms with Crippen LogP contribution in [0.25, 0.3) is 10.9 Å². The van der Waals surface area contributed by atoms with Crippen molar-refractivity contribution < 1.29 is 4.79 Å². The van der Waals surface area contributed by atoms with Gasteiger partial charge in [-0.3, -0.25) is 4.79 Å². The highest BCUT2D eigenvalue weighted by Crippen LogP contribution is 2.40. The minimum Gasteiger partial charge on any atom is -0.368 e. The van der Waals surface area contributed by atoms with Crippen LogP contribution in [0.4, 0.5) is 5.69 Å². The first-order chi connectivity index (χ1) is 20.1. The molecule has 0 unspecified atom stereocenters. The number of fused-ring (bicyclic) bond motifs is 1. The number of benzene rings is 4. The van der Waals surface area contributed by atoms with Gasteiger partial charge in [0, 0.05) is 67.3 Å². The van der Waals surface area contributed by atoms with E-state index >= 15 is 0 Å². The molecule has 1 amide bonds. The van der Waals surface area contributed by atoms with Crippen LogP contribution in [0.5, 0.6) is 0 Å². The summed E-state index contributed by atoms with van der Waals surface area (Å²) in [6.45, 7) is 4.64. The first kappa shape index (κ1) is 26.9.